The maximum absolute atomic E-state index is 11.3. The molecule has 0 saturated carbocycles. The van der Waals surface area contributed by atoms with Crippen molar-refractivity contribution in [2.45, 2.75) is 31.7 Å². The van der Waals surface area contributed by atoms with Crippen molar-refractivity contribution in [1.29, 1.82) is 0 Å². The first-order valence-corrected chi connectivity index (χ1v) is 9.34. The van der Waals surface area contributed by atoms with Gasteiger partial charge in [-0.25, -0.2) is 0 Å². The maximum atomic E-state index is 11.3. The van der Waals surface area contributed by atoms with E-state index in [4.69, 9.17) is 23.1 Å². The van der Waals surface area contributed by atoms with Crippen LogP contribution in [0.2, 0.25) is 0 Å². The topological polar surface area (TPSA) is 80.3 Å². The summed E-state index contributed by atoms with van der Waals surface area (Å²) in [6.45, 7) is 0.708. The molecule has 2 aliphatic heterocycles. The van der Waals surface area contributed by atoms with Gasteiger partial charge in [-0.05, 0) is 37.0 Å². The first kappa shape index (κ1) is 16.5. The Morgan fingerprint density at radius 2 is 2.09 bits per heavy atom. The second-order valence-electron chi connectivity index (χ2n) is 5.52. The smallest absolute Gasteiger partial charge is 0.264 e. The normalized spacial score (nSPS) is 22.0. The molecular formula is C15H20O7S. The summed E-state index contributed by atoms with van der Waals surface area (Å²) in [5, 5.41) is 0. The van der Waals surface area contributed by atoms with E-state index in [1.807, 2.05) is 6.07 Å². The molecule has 0 bridgehead atoms. The molecule has 0 N–H and O–H groups in total. The molecule has 8 heteroatoms. The average molecular weight is 344 g/mol. The van der Waals surface area contributed by atoms with E-state index in [0.29, 0.717) is 18.1 Å². The zero-order chi connectivity index (χ0) is 16.3. The van der Waals surface area contributed by atoms with E-state index >= 15 is 0 Å². The first-order valence-electron chi connectivity index (χ1n) is 7.52. The molecule has 0 amide bonds. The van der Waals surface area contributed by atoms with Crippen LogP contribution in [-0.4, -0.2) is 41.0 Å². The van der Waals surface area contributed by atoms with E-state index in [0.717, 1.165) is 31.1 Å². The predicted octanol–water partition coefficient (Wildman–Crippen LogP) is 1.98. The van der Waals surface area contributed by atoms with Crippen molar-refractivity contribution in [3.8, 4) is 11.5 Å². The molecule has 1 saturated heterocycles. The quantitative estimate of drug-likeness (QED) is 0.730. The lowest BCUT2D eigenvalue weighted by Crippen LogP contribution is -2.27. The van der Waals surface area contributed by atoms with Crippen LogP contribution in [0, 0.1) is 0 Å². The number of hydrogen-bond donors (Lipinski definition) is 0. The van der Waals surface area contributed by atoms with Crippen LogP contribution in [0.4, 0.5) is 0 Å². The third-order valence-corrected chi connectivity index (χ3v) is 4.22. The fourth-order valence-electron chi connectivity index (χ4n) is 2.51. The van der Waals surface area contributed by atoms with Gasteiger partial charge in [0.25, 0.3) is 10.1 Å². The molecule has 128 valence electrons. The largest absolute Gasteiger partial charge is 0.454 e. The Hall–Kier alpha value is -1.35. The van der Waals surface area contributed by atoms with Crippen molar-refractivity contribution < 1.29 is 31.5 Å². The molecule has 0 radical (unpaired) electrons. The molecule has 2 heterocycles. The Bertz CT molecular complexity index is 637. The maximum Gasteiger partial charge on any atom is 0.264 e. The fraction of sp³-hybridized carbons (Fsp3) is 0.600. The standard InChI is InChI=1S/C15H20O7S/c1-23(16,17)21-9-14(22-15-4-2-3-7-18-15)11-5-6-12-13(8-11)20-10-19-12/h5-6,8,14-15H,2-4,7,9-10H2,1H3. The molecule has 1 aromatic carbocycles. The molecule has 2 unspecified atom stereocenters. The van der Waals surface area contributed by atoms with Crippen LogP contribution >= 0.6 is 0 Å². The van der Waals surface area contributed by atoms with Crippen LogP contribution in [0.5, 0.6) is 11.5 Å². The van der Waals surface area contributed by atoms with Gasteiger partial charge in [-0.15, -0.1) is 0 Å². The van der Waals surface area contributed by atoms with Crippen LogP contribution in [0.3, 0.4) is 0 Å². The number of benzene rings is 1. The minimum Gasteiger partial charge on any atom is -0.454 e. The molecule has 0 aliphatic carbocycles. The van der Waals surface area contributed by atoms with Gasteiger partial charge >= 0.3 is 0 Å². The lowest BCUT2D eigenvalue weighted by atomic mass is 10.1. The van der Waals surface area contributed by atoms with E-state index in [1.54, 1.807) is 12.1 Å². The molecular weight excluding hydrogens is 324 g/mol. The Balaban J connectivity index is 1.75. The summed E-state index contributed by atoms with van der Waals surface area (Å²) in [7, 11) is -3.56. The third kappa shape index (κ3) is 4.57. The van der Waals surface area contributed by atoms with E-state index < -0.39 is 16.2 Å². The van der Waals surface area contributed by atoms with Crippen molar-refractivity contribution >= 4 is 10.1 Å². The van der Waals surface area contributed by atoms with E-state index in [1.165, 1.54) is 0 Å². The average Bonchev–Trinajstić information content (AvgIpc) is 2.99. The molecule has 0 aromatic heterocycles. The van der Waals surface area contributed by atoms with Gasteiger partial charge in [0.05, 0.1) is 12.9 Å². The van der Waals surface area contributed by atoms with E-state index in [9.17, 15) is 8.42 Å². The summed E-state index contributed by atoms with van der Waals surface area (Å²) >= 11 is 0. The zero-order valence-corrected chi connectivity index (χ0v) is 13.7. The molecule has 2 aliphatic rings. The van der Waals surface area contributed by atoms with Gasteiger partial charge in [-0.2, -0.15) is 8.42 Å². The van der Waals surface area contributed by atoms with Crippen LogP contribution in [0.1, 0.15) is 30.9 Å². The summed E-state index contributed by atoms with van der Waals surface area (Å²) in [5.74, 6) is 1.27. The Labute approximate surface area is 135 Å². The Morgan fingerprint density at radius 3 is 2.83 bits per heavy atom. The van der Waals surface area contributed by atoms with Crippen molar-refractivity contribution in [2.75, 3.05) is 26.3 Å². The second-order valence-corrected chi connectivity index (χ2v) is 7.17. The second kappa shape index (κ2) is 7.04. The van der Waals surface area contributed by atoms with Gasteiger partial charge in [-0.1, -0.05) is 6.07 Å². The first-order chi connectivity index (χ1) is 11.0. The number of hydrogen-bond acceptors (Lipinski definition) is 7. The van der Waals surface area contributed by atoms with Crippen molar-refractivity contribution in [3.63, 3.8) is 0 Å². The molecule has 7 nitrogen and oxygen atoms in total. The summed E-state index contributed by atoms with van der Waals surface area (Å²) in [4.78, 5) is 0. The lowest BCUT2D eigenvalue weighted by molar-refractivity contribution is -0.195. The molecule has 2 atom stereocenters. The molecule has 0 spiro atoms. The fourth-order valence-corrected chi connectivity index (χ4v) is 2.89. The molecule has 1 fully saturated rings. The molecule has 23 heavy (non-hydrogen) atoms. The monoisotopic (exact) mass is 344 g/mol. The Morgan fingerprint density at radius 1 is 1.26 bits per heavy atom. The minimum atomic E-state index is -3.56. The summed E-state index contributed by atoms with van der Waals surface area (Å²) < 4.78 is 49.6. The van der Waals surface area contributed by atoms with Crippen molar-refractivity contribution in [2.24, 2.45) is 0 Å². The summed E-state index contributed by atoms with van der Waals surface area (Å²) in [6, 6.07) is 5.37. The van der Waals surface area contributed by atoms with Gasteiger partial charge in [0.2, 0.25) is 6.79 Å². The lowest BCUT2D eigenvalue weighted by Gasteiger charge is -2.27. The van der Waals surface area contributed by atoms with Crippen LogP contribution in [0.15, 0.2) is 18.2 Å². The van der Waals surface area contributed by atoms with E-state index in [2.05, 4.69) is 0 Å². The van der Waals surface area contributed by atoms with Crippen molar-refractivity contribution in [3.05, 3.63) is 23.8 Å². The van der Waals surface area contributed by atoms with Crippen LogP contribution in [0.25, 0.3) is 0 Å². The minimum absolute atomic E-state index is 0.113. The highest BCUT2D eigenvalue weighted by Crippen LogP contribution is 2.36. The number of rotatable bonds is 6. The summed E-state index contributed by atoms with van der Waals surface area (Å²) in [6.07, 6.45) is 2.89. The number of fused-ring (bicyclic) bond motifs is 1. The highest BCUT2D eigenvalue weighted by molar-refractivity contribution is 7.85. The van der Waals surface area contributed by atoms with Crippen LogP contribution < -0.4 is 9.47 Å². The highest BCUT2D eigenvalue weighted by Gasteiger charge is 2.25. The zero-order valence-electron chi connectivity index (χ0n) is 12.9. The van der Waals surface area contributed by atoms with Gasteiger partial charge in [0, 0.05) is 6.61 Å². The number of ether oxygens (including phenoxy) is 4. The summed E-state index contributed by atoms with van der Waals surface area (Å²) in [5.41, 5.74) is 0.757. The highest BCUT2D eigenvalue weighted by atomic mass is 32.2. The van der Waals surface area contributed by atoms with Gasteiger partial charge in [0.15, 0.2) is 17.8 Å². The predicted molar refractivity (Wildman–Crippen MR) is 80.8 cm³/mol. The van der Waals surface area contributed by atoms with E-state index in [-0.39, 0.29) is 19.7 Å². The van der Waals surface area contributed by atoms with Gasteiger partial charge in [0.1, 0.15) is 6.10 Å². The Kier molecular flexibility index (Phi) is 5.05. The third-order valence-electron chi connectivity index (χ3n) is 3.66. The SMILES string of the molecule is CS(=O)(=O)OCC(OC1CCCCO1)c1ccc2c(c1)OCO2. The molecule has 3 rings (SSSR count). The molecule has 1 aromatic rings. The van der Waals surface area contributed by atoms with Crippen molar-refractivity contribution in [1.82, 2.24) is 0 Å². The van der Waals surface area contributed by atoms with Gasteiger partial charge < -0.3 is 18.9 Å². The van der Waals surface area contributed by atoms with Gasteiger partial charge in [-0.3, -0.25) is 4.18 Å². The van der Waals surface area contributed by atoms with Crippen LogP contribution in [-0.2, 0) is 23.8 Å².